The standard InChI is InChI=1S/C15H12Cl2FNO2/c1-8(9-2-5-14(18)13(17)6-9)19-10-3-4-12(16)11(7-10)15(20)21/h2-8,19H,1H3,(H,20,21). The number of hydrogen-bond donors (Lipinski definition) is 2. The minimum Gasteiger partial charge on any atom is -0.478 e. The molecule has 0 aliphatic heterocycles. The molecule has 6 heteroatoms. The van der Waals surface area contributed by atoms with Gasteiger partial charge in [-0.1, -0.05) is 29.3 Å². The van der Waals surface area contributed by atoms with E-state index in [4.69, 9.17) is 28.3 Å². The van der Waals surface area contributed by atoms with E-state index in [-0.39, 0.29) is 21.7 Å². The van der Waals surface area contributed by atoms with Gasteiger partial charge in [0.25, 0.3) is 0 Å². The van der Waals surface area contributed by atoms with Crippen LogP contribution >= 0.6 is 23.2 Å². The van der Waals surface area contributed by atoms with Crippen LogP contribution in [0, 0.1) is 5.82 Å². The first-order valence-electron chi connectivity index (χ1n) is 6.13. The number of benzene rings is 2. The SMILES string of the molecule is CC(Nc1ccc(Cl)c(C(=O)O)c1)c1ccc(F)c(Cl)c1. The summed E-state index contributed by atoms with van der Waals surface area (Å²) in [6.45, 7) is 1.86. The van der Waals surface area contributed by atoms with Crippen LogP contribution in [0.15, 0.2) is 36.4 Å². The van der Waals surface area contributed by atoms with Crippen molar-refractivity contribution in [3.05, 3.63) is 63.4 Å². The van der Waals surface area contributed by atoms with Gasteiger partial charge in [0.15, 0.2) is 0 Å². The van der Waals surface area contributed by atoms with Crippen molar-refractivity contribution in [2.45, 2.75) is 13.0 Å². The molecule has 0 amide bonds. The van der Waals surface area contributed by atoms with Crippen molar-refractivity contribution in [3.63, 3.8) is 0 Å². The Bertz CT molecular complexity index is 691. The van der Waals surface area contributed by atoms with Crippen molar-refractivity contribution >= 4 is 34.9 Å². The van der Waals surface area contributed by atoms with Crippen LogP contribution in [-0.2, 0) is 0 Å². The van der Waals surface area contributed by atoms with Crippen molar-refractivity contribution in [2.24, 2.45) is 0 Å². The predicted molar refractivity (Wildman–Crippen MR) is 81.9 cm³/mol. The van der Waals surface area contributed by atoms with Crippen LogP contribution in [0.1, 0.15) is 28.9 Å². The largest absolute Gasteiger partial charge is 0.478 e. The fourth-order valence-electron chi connectivity index (χ4n) is 1.89. The van der Waals surface area contributed by atoms with Gasteiger partial charge in [0, 0.05) is 11.7 Å². The van der Waals surface area contributed by atoms with Gasteiger partial charge in [-0.3, -0.25) is 0 Å². The quantitative estimate of drug-likeness (QED) is 0.830. The Balaban J connectivity index is 2.23. The summed E-state index contributed by atoms with van der Waals surface area (Å²) in [6, 6.07) is 8.90. The third kappa shape index (κ3) is 3.65. The van der Waals surface area contributed by atoms with Crippen LogP contribution < -0.4 is 5.32 Å². The first-order chi connectivity index (χ1) is 9.88. The highest BCUT2D eigenvalue weighted by molar-refractivity contribution is 6.33. The summed E-state index contributed by atoms with van der Waals surface area (Å²) in [5.41, 5.74) is 1.41. The van der Waals surface area contributed by atoms with E-state index < -0.39 is 11.8 Å². The molecule has 2 rings (SSSR count). The zero-order chi connectivity index (χ0) is 15.6. The summed E-state index contributed by atoms with van der Waals surface area (Å²) >= 11 is 11.6. The second-order valence-corrected chi connectivity index (χ2v) is 5.35. The number of carboxylic acid groups (broad SMARTS) is 1. The van der Waals surface area contributed by atoms with Gasteiger partial charge in [-0.2, -0.15) is 0 Å². The summed E-state index contributed by atoms with van der Waals surface area (Å²) in [7, 11) is 0. The predicted octanol–water partition coefficient (Wildman–Crippen LogP) is 5.00. The second kappa shape index (κ2) is 6.33. The van der Waals surface area contributed by atoms with Crippen molar-refractivity contribution in [3.8, 4) is 0 Å². The van der Waals surface area contributed by atoms with Crippen molar-refractivity contribution in [1.82, 2.24) is 0 Å². The molecule has 2 aromatic carbocycles. The fraction of sp³-hybridized carbons (Fsp3) is 0.133. The zero-order valence-corrected chi connectivity index (χ0v) is 12.5. The lowest BCUT2D eigenvalue weighted by Crippen LogP contribution is -2.08. The van der Waals surface area contributed by atoms with E-state index >= 15 is 0 Å². The molecular formula is C15H12Cl2FNO2. The average molecular weight is 328 g/mol. The number of rotatable bonds is 4. The van der Waals surface area contributed by atoms with Crippen LogP contribution in [-0.4, -0.2) is 11.1 Å². The molecule has 0 heterocycles. The fourth-order valence-corrected chi connectivity index (χ4v) is 2.28. The minimum absolute atomic E-state index is 0.0194. The molecule has 0 saturated carbocycles. The molecule has 3 nitrogen and oxygen atoms in total. The van der Waals surface area contributed by atoms with E-state index in [2.05, 4.69) is 5.32 Å². The molecule has 0 aliphatic carbocycles. The van der Waals surface area contributed by atoms with Gasteiger partial charge in [-0.25, -0.2) is 9.18 Å². The number of carbonyl (C=O) groups is 1. The Morgan fingerprint density at radius 2 is 1.90 bits per heavy atom. The van der Waals surface area contributed by atoms with Crippen LogP contribution in [0.25, 0.3) is 0 Å². The molecule has 2 N–H and O–H groups in total. The number of anilines is 1. The average Bonchev–Trinajstić information content (AvgIpc) is 2.43. The molecule has 0 radical (unpaired) electrons. The van der Waals surface area contributed by atoms with Gasteiger partial charge in [-0.05, 0) is 42.8 Å². The molecule has 21 heavy (non-hydrogen) atoms. The molecule has 0 saturated heterocycles. The van der Waals surface area contributed by atoms with Crippen LogP contribution in [0.3, 0.4) is 0 Å². The zero-order valence-electron chi connectivity index (χ0n) is 11.0. The minimum atomic E-state index is -1.10. The highest BCUT2D eigenvalue weighted by atomic mass is 35.5. The molecule has 0 aliphatic rings. The highest BCUT2D eigenvalue weighted by Gasteiger charge is 2.12. The van der Waals surface area contributed by atoms with E-state index in [1.807, 2.05) is 6.92 Å². The lowest BCUT2D eigenvalue weighted by molar-refractivity contribution is 0.0697. The molecule has 0 bridgehead atoms. The Kier molecular flexibility index (Phi) is 4.70. The molecule has 2 aromatic rings. The van der Waals surface area contributed by atoms with Crippen molar-refractivity contribution < 1.29 is 14.3 Å². The molecule has 0 fully saturated rings. The van der Waals surface area contributed by atoms with Crippen LogP contribution in [0.2, 0.25) is 10.0 Å². The first kappa shape index (κ1) is 15.6. The van der Waals surface area contributed by atoms with Crippen molar-refractivity contribution in [1.29, 1.82) is 0 Å². The summed E-state index contributed by atoms with van der Waals surface area (Å²) in [6.07, 6.45) is 0. The maximum Gasteiger partial charge on any atom is 0.337 e. The van der Waals surface area contributed by atoms with Crippen LogP contribution in [0.4, 0.5) is 10.1 Å². The number of aromatic carboxylic acids is 1. The van der Waals surface area contributed by atoms with E-state index in [0.717, 1.165) is 5.56 Å². The Hall–Kier alpha value is -1.78. The Labute approximate surface area is 131 Å². The monoisotopic (exact) mass is 327 g/mol. The number of halogens is 3. The molecule has 0 aromatic heterocycles. The topological polar surface area (TPSA) is 49.3 Å². The van der Waals surface area contributed by atoms with E-state index in [1.54, 1.807) is 12.1 Å². The summed E-state index contributed by atoms with van der Waals surface area (Å²) in [4.78, 5) is 11.0. The maximum atomic E-state index is 13.1. The van der Waals surface area contributed by atoms with Gasteiger partial charge in [0.05, 0.1) is 15.6 Å². The molecule has 110 valence electrons. The van der Waals surface area contributed by atoms with E-state index in [9.17, 15) is 9.18 Å². The highest BCUT2D eigenvalue weighted by Crippen LogP contribution is 2.26. The normalized spacial score (nSPS) is 12.0. The molecule has 1 atom stereocenters. The van der Waals surface area contributed by atoms with Gasteiger partial charge < -0.3 is 10.4 Å². The third-order valence-electron chi connectivity index (χ3n) is 3.02. The van der Waals surface area contributed by atoms with E-state index in [1.165, 1.54) is 24.3 Å². The Morgan fingerprint density at radius 3 is 2.52 bits per heavy atom. The summed E-state index contributed by atoms with van der Waals surface area (Å²) < 4.78 is 13.1. The summed E-state index contributed by atoms with van der Waals surface area (Å²) in [5, 5.41) is 12.4. The summed E-state index contributed by atoms with van der Waals surface area (Å²) in [5.74, 6) is -1.58. The number of carboxylic acids is 1. The first-order valence-corrected chi connectivity index (χ1v) is 6.88. The van der Waals surface area contributed by atoms with Gasteiger partial charge >= 0.3 is 5.97 Å². The molecule has 1 unspecified atom stereocenters. The van der Waals surface area contributed by atoms with E-state index in [0.29, 0.717) is 5.69 Å². The van der Waals surface area contributed by atoms with Gasteiger partial charge in [0.1, 0.15) is 5.82 Å². The van der Waals surface area contributed by atoms with Crippen LogP contribution in [0.5, 0.6) is 0 Å². The lowest BCUT2D eigenvalue weighted by Gasteiger charge is -2.17. The number of nitrogens with one attached hydrogen (secondary N) is 1. The Morgan fingerprint density at radius 1 is 1.19 bits per heavy atom. The lowest BCUT2D eigenvalue weighted by atomic mass is 10.1. The third-order valence-corrected chi connectivity index (χ3v) is 3.64. The molecule has 0 spiro atoms. The van der Waals surface area contributed by atoms with Gasteiger partial charge in [0.2, 0.25) is 0 Å². The number of hydrogen-bond acceptors (Lipinski definition) is 2. The van der Waals surface area contributed by atoms with Crippen molar-refractivity contribution in [2.75, 3.05) is 5.32 Å². The smallest absolute Gasteiger partial charge is 0.337 e. The second-order valence-electron chi connectivity index (χ2n) is 4.54. The maximum absolute atomic E-state index is 13.1. The molecular weight excluding hydrogens is 316 g/mol. The van der Waals surface area contributed by atoms with Gasteiger partial charge in [-0.15, -0.1) is 0 Å².